The lowest BCUT2D eigenvalue weighted by Gasteiger charge is -2.08. The molecule has 2 atom stereocenters. The summed E-state index contributed by atoms with van der Waals surface area (Å²) in [5, 5.41) is 16.2. The first kappa shape index (κ1) is 19.3. The number of hydrogen-bond acceptors (Lipinski definition) is 7. The monoisotopic (exact) mass is 392 g/mol. The number of carbonyl (C=O) groups is 2. The number of aliphatic imine (C=N–C) groups is 1. The normalized spacial score (nSPS) is 23.4. The Balaban J connectivity index is 1.57. The number of nitro groups is 1. The first-order valence-electron chi connectivity index (χ1n) is 8.61. The number of aryl methyl sites for hydroxylation is 1. The van der Waals surface area contributed by atoms with Crippen molar-refractivity contribution >= 4 is 40.1 Å². The van der Waals surface area contributed by atoms with Gasteiger partial charge in [0.1, 0.15) is 10.9 Å². The number of nitro benzene ring substituents is 1. The standard InChI is InChI=1S/C17H20N4O5S/c1-10-4-5-12(13(7-10)21(24)25)19-15(22)8-14-16(23)20-17(27-14)18-9-11-3-2-6-26-11/h4-5,7,11,14H,2-3,6,8-9H2,1H3,(H,19,22)(H,18,20,23). The maximum atomic E-state index is 12.3. The molecule has 2 saturated heterocycles. The molecule has 2 aliphatic rings. The maximum Gasteiger partial charge on any atom is 0.293 e. The Labute approximate surface area is 160 Å². The summed E-state index contributed by atoms with van der Waals surface area (Å²) in [6.45, 7) is 2.95. The first-order chi connectivity index (χ1) is 12.9. The molecular formula is C17H20N4O5S. The van der Waals surface area contributed by atoms with Crippen LogP contribution in [-0.4, -0.2) is 46.4 Å². The third-order valence-electron chi connectivity index (χ3n) is 4.23. The Bertz CT molecular complexity index is 792. The van der Waals surface area contributed by atoms with E-state index in [9.17, 15) is 19.7 Å². The van der Waals surface area contributed by atoms with Gasteiger partial charge in [-0.15, -0.1) is 0 Å². The fourth-order valence-corrected chi connectivity index (χ4v) is 3.83. The minimum absolute atomic E-state index is 0.0828. The second-order valence-corrected chi connectivity index (χ2v) is 7.60. The molecule has 2 amide bonds. The van der Waals surface area contributed by atoms with Gasteiger partial charge in [-0.3, -0.25) is 24.7 Å². The number of amidine groups is 1. The molecule has 3 rings (SSSR count). The van der Waals surface area contributed by atoms with E-state index in [2.05, 4.69) is 15.6 Å². The van der Waals surface area contributed by atoms with E-state index in [1.807, 2.05) is 0 Å². The molecule has 1 aromatic rings. The largest absolute Gasteiger partial charge is 0.376 e. The molecule has 0 aliphatic carbocycles. The third kappa shape index (κ3) is 5.04. The van der Waals surface area contributed by atoms with Gasteiger partial charge in [0.2, 0.25) is 11.8 Å². The van der Waals surface area contributed by atoms with Crippen LogP contribution in [0.15, 0.2) is 23.2 Å². The molecule has 2 unspecified atom stereocenters. The highest BCUT2D eigenvalue weighted by atomic mass is 32.2. The molecule has 9 nitrogen and oxygen atoms in total. The Morgan fingerprint density at radius 2 is 2.33 bits per heavy atom. The van der Waals surface area contributed by atoms with Crippen molar-refractivity contribution in [2.75, 3.05) is 18.5 Å². The van der Waals surface area contributed by atoms with Gasteiger partial charge in [0, 0.05) is 19.1 Å². The van der Waals surface area contributed by atoms with Gasteiger partial charge in [0.05, 0.1) is 17.6 Å². The van der Waals surface area contributed by atoms with Gasteiger partial charge in [-0.1, -0.05) is 17.8 Å². The van der Waals surface area contributed by atoms with Gasteiger partial charge in [-0.05, 0) is 31.4 Å². The predicted octanol–water partition coefficient (Wildman–Crippen LogP) is 2.00. The van der Waals surface area contributed by atoms with Gasteiger partial charge < -0.3 is 15.4 Å². The highest BCUT2D eigenvalue weighted by Crippen LogP contribution is 2.27. The number of anilines is 1. The quantitative estimate of drug-likeness (QED) is 0.564. The highest BCUT2D eigenvalue weighted by molar-refractivity contribution is 8.15. The lowest BCUT2D eigenvalue weighted by Crippen LogP contribution is -2.28. The fourth-order valence-electron chi connectivity index (χ4n) is 2.86. The van der Waals surface area contributed by atoms with Crippen molar-refractivity contribution in [3.8, 4) is 0 Å². The summed E-state index contributed by atoms with van der Waals surface area (Å²) in [6.07, 6.45) is 1.96. The van der Waals surface area contributed by atoms with Crippen LogP contribution >= 0.6 is 11.8 Å². The van der Waals surface area contributed by atoms with Crippen LogP contribution < -0.4 is 10.6 Å². The van der Waals surface area contributed by atoms with E-state index >= 15 is 0 Å². The van der Waals surface area contributed by atoms with Gasteiger partial charge in [-0.25, -0.2) is 0 Å². The number of amides is 2. The molecule has 2 aliphatic heterocycles. The summed E-state index contributed by atoms with van der Waals surface area (Å²) in [4.78, 5) is 39.3. The second-order valence-electron chi connectivity index (χ2n) is 6.41. The minimum Gasteiger partial charge on any atom is -0.376 e. The van der Waals surface area contributed by atoms with Crippen LogP contribution in [0, 0.1) is 17.0 Å². The lowest BCUT2D eigenvalue weighted by molar-refractivity contribution is -0.384. The number of hydrogen-bond donors (Lipinski definition) is 2. The number of nitrogens with zero attached hydrogens (tertiary/aromatic N) is 2. The molecule has 0 radical (unpaired) electrons. The topological polar surface area (TPSA) is 123 Å². The zero-order valence-electron chi connectivity index (χ0n) is 14.8. The van der Waals surface area contributed by atoms with Crippen molar-refractivity contribution in [3.05, 3.63) is 33.9 Å². The Morgan fingerprint density at radius 1 is 1.52 bits per heavy atom. The first-order valence-corrected chi connectivity index (χ1v) is 9.49. The minimum atomic E-state index is -0.613. The third-order valence-corrected chi connectivity index (χ3v) is 5.35. The Morgan fingerprint density at radius 3 is 3.04 bits per heavy atom. The second kappa shape index (κ2) is 8.49. The van der Waals surface area contributed by atoms with E-state index in [4.69, 9.17) is 4.74 Å². The summed E-state index contributed by atoms with van der Waals surface area (Å²) in [5.74, 6) is -0.755. The van der Waals surface area contributed by atoms with Gasteiger partial charge in [0.25, 0.3) is 5.69 Å². The van der Waals surface area contributed by atoms with E-state index in [0.29, 0.717) is 11.7 Å². The molecule has 2 heterocycles. The molecule has 0 aromatic heterocycles. The van der Waals surface area contributed by atoms with E-state index in [1.54, 1.807) is 13.0 Å². The average Bonchev–Trinajstić information content (AvgIpc) is 3.24. The molecule has 0 saturated carbocycles. The molecule has 2 fully saturated rings. The summed E-state index contributed by atoms with van der Waals surface area (Å²) >= 11 is 1.19. The van der Waals surface area contributed by atoms with Crippen molar-refractivity contribution in [2.45, 2.75) is 37.5 Å². The van der Waals surface area contributed by atoms with Crippen LogP contribution in [0.3, 0.4) is 0 Å². The molecule has 27 heavy (non-hydrogen) atoms. The van der Waals surface area contributed by atoms with Crippen LogP contribution in [0.2, 0.25) is 0 Å². The number of carbonyl (C=O) groups excluding carboxylic acids is 2. The van der Waals surface area contributed by atoms with E-state index in [0.717, 1.165) is 25.0 Å². The summed E-state index contributed by atoms with van der Waals surface area (Å²) in [5.41, 5.74) is 0.662. The zero-order valence-corrected chi connectivity index (χ0v) is 15.6. The number of ether oxygens (including phenoxy) is 1. The van der Waals surface area contributed by atoms with Crippen molar-refractivity contribution in [3.63, 3.8) is 0 Å². The smallest absolute Gasteiger partial charge is 0.293 e. The van der Waals surface area contributed by atoms with Crippen LogP contribution in [0.25, 0.3) is 0 Å². The number of rotatable bonds is 6. The number of nitrogens with one attached hydrogen (secondary N) is 2. The molecule has 0 bridgehead atoms. The molecule has 0 spiro atoms. The van der Waals surface area contributed by atoms with Crippen molar-refractivity contribution in [1.82, 2.24) is 5.32 Å². The summed E-state index contributed by atoms with van der Waals surface area (Å²) < 4.78 is 5.49. The van der Waals surface area contributed by atoms with Crippen molar-refractivity contribution in [1.29, 1.82) is 0 Å². The molecule has 1 aromatic carbocycles. The van der Waals surface area contributed by atoms with Gasteiger partial charge >= 0.3 is 0 Å². The van der Waals surface area contributed by atoms with Gasteiger partial charge in [-0.2, -0.15) is 0 Å². The van der Waals surface area contributed by atoms with Crippen LogP contribution in [-0.2, 0) is 14.3 Å². The molecular weight excluding hydrogens is 372 g/mol. The van der Waals surface area contributed by atoms with E-state index < -0.39 is 16.1 Å². The van der Waals surface area contributed by atoms with Gasteiger partial charge in [0.15, 0.2) is 5.17 Å². The molecule has 144 valence electrons. The SMILES string of the molecule is Cc1ccc(NC(=O)CC2SC(=NCC3CCCO3)NC2=O)c([N+](=O)[O-])c1. The van der Waals surface area contributed by atoms with E-state index in [1.165, 1.54) is 23.9 Å². The highest BCUT2D eigenvalue weighted by Gasteiger charge is 2.32. The fraction of sp³-hybridized carbons (Fsp3) is 0.471. The van der Waals surface area contributed by atoms with Crippen LogP contribution in [0.4, 0.5) is 11.4 Å². The zero-order chi connectivity index (χ0) is 19.4. The summed E-state index contributed by atoms with van der Waals surface area (Å²) in [7, 11) is 0. The lowest BCUT2D eigenvalue weighted by atomic mass is 10.2. The molecule has 10 heteroatoms. The van der Waals surface area contributed by atoms with E-state index in [-0.39, 0.29) is 29.8 Å². The number of benzene rings is 1. The number of thioether (sulfide) groups is 1. The Kier molecular flexibility index (Phi) is 6.07. The van der Waals surface area contributed by atoms with Crippen molar-refractivity contribution in [2.24, 2.45) is 4.99 Å². The maximum absolute atomic E-state index is 12.3. The predicted molar refractivity (Wildman–Crippen MR) is 102 cm³/mol. The molecule has 2 N–H and O–H groups in total. The van der Waals surface area contributed by atoms with Crippen LogP contribution in [0.5, 0.6) is 0 Å². The summed E-state index contributed by atoms with van der Waals surface area (Å²) in [6, 6.07) is 4.56. The van der Waals surface area contributed by atoms with Crippen molar-refractivity contribution < 1.29 is 19.2 Å². The average molecular weight is 392 g/mol. The Hall–Kier alpha value is -2.46. The van der Waals surface area contributed by atoms with Crippen LogP contribution in [0.1, 0.15) is 24.8 Å².